The predicted molar refractivity (Wildman–Crippen MR) is 82.4 cm³/mol. The van der Waals surface area contributed by atoms with Crippen LogP contribution in [-0.2, 0) is 13.6 Å². The van der Waals surface area contributed by atoms with Gasteiger partial charge in [0, 0.05) is 27.6 Å². The van der Waals surface area contributed by atoms with Crippen molar-refractivity contribution in [2.45, 2.75) is 6.54 Å². The highest BCUT2D eigenvalue weighted by Crippen LogP contribution is 2.23. The number of hydrogen-bond acceptors (Lipinski definition) is 2. The van der Waals surface area contributed by atoms with E-state index in [0.29, 0.717) is 5.56 Å². The number of amidine groups is 1. The van der Waals surface area contributed by atoms with Crippen molar-refractivity contribution in [2.24, 2.45) is 12.8 Å². The zero-order valence-corrected chi connectivity index (χ0v) is 12.6. The lowest BCUT2D eigenvalue weighted by atomic mass is 10.1. The summed E-state index contributed by atoms with van der Waals surface area (Å²) in [7, 11) is 1.91. The highest BCUT2D eigenvalue weighted by atomic mass is 35.5. The molecule has 0 saturated carbocycles. The largest absolute Gasteiger partial charge is 0.384 e. The van der Waals surface area contributed by atoms with E-state index in [1.54, 1.807) is 10.9 Å². The summed E-state index contributed by atoms with van der Waals surface area (Å²) in [5, 5.41) is 12.8. The second kappa shape index (κ2) is 5.38. The Hall–Kier alpha value is -2.47. The fraction of sp³-hybridized carbons (Fsp3) is 0.133. The molecule has 112 valence electrons. The Kier molecular flexibility index (Phi) is 3.54. The first kappa shape index (κ1) is 14.5. The Morgan fingerprint density at radius 2 is 2.27 bits per heavy atom. The van der Waals surface area contributed by atoms with Crippen LogP contribution in [0.5, 0.6) is 0 Å². The molecule has 0 unspecified atom stereocenters. The Morgan fingerprint density at radius 1 is 1.50 bits per heavy atom. The number of fused-ring (bicyclic) bond motifs is 1. The molecule has 0 spiro atoms. The molecule has 0 amide bonds. The van der Waals surface area contributed by atoms with Crippen LogP contribution in [0, 0.1) is 11.2 Å². The number of hydrogen-bond donors (Lipinski definition) is 2. The van der Waals surface area contributed by atoms with Gasteiger partial charge in [0.2, 0.25) is 0 Å². The highest BCUT2D eigenvalue weighted by Gasteiger charge is 2.14. The van der Waals surface area contributed by atoms with Crippen molar-refractivity contribution in [2.75, 3.05) is 0 Å². The summed E-state index contributed by atoms with van der Waals surface area (Å²) in [5.74, 6) is -0.717. The van der Waals surface area contributed by atoms with Gasteiger partial charge in [0.25, 0.3) is 0 Å². The van der Waals surface area contributed by atoms with E-state index in [1.807, 2.05) is 30.1 Å². The van der Waals surface area contributed by atoms with Gasteiger partial charge in [-0.3, -0.25) is 10.1 Å². The minimum Gasteiger partial charge on any atom is -0.384 e. The molecule has 0 aliphatic carbocycles. The standard InChI is InChI=1S/C15H14ClFN5/c1-21-3-2-9-6-20-22(14(9)8-21)7-11-12(16)4-10(15(18)19)5-13(11)17/h2-6,8H,7H2,1H3,(H3,18,19)/q+1. The van der Waals surface area contributed by atoms with Crippen molar-refractivity contribution in [1.29, 1.82) is 5.41 Å². The molecule has 3 aromatic rings. The fourth-order valence-corrected chi connectivity index (χ4v) is 2.57. The third kappa shape index (κ3) is 2.53. The molecule has 0 atom stereocenters. The molecule has 7 heteroatoms. The van der Waals surface area contributed by atoms with Crippen LogP contribution < -0.4 is 10.3 Å². The molecule has 2 aromatic heterocycles. The van der Waals surface area contributed by atoms with E-state index in [0.717, 1.165) is 10.9 Å². The molecule has 0 bridgehead atoms. The van der Waals surface area contributed by atoms with Gasteiger partial charge in [0.1, 0.15) is 24.2 Å². The van der Waals surface area contributed by atoms with Crippen LogP contribution in [-0.4, -0.2) is 15.6 Å². The van der Waals surface area contributed by atoms with Gasteiger partial charge >= 0.3 is 0 Å². The molecule has 2 heterocycles. The fourth-order valence-electron chi connectivity index (χ4n) is 2.30. The van der Waals surface area contributed by atoms with Crippen LogP contribution in [0.1, 0.15) is 11.1 Å². The Balaban J connectivity index is 2.05. The van der Waals surface area contributed by atoms with Gasteiger partial charge in [-0.25, -0.2) is 8.96 Å². The average Bonchev–Trinajstić information content (AvgIpc) is 2.84. The lowest BCUT2D eigenvalue weighted by Crippen LogP contribution is -2.26. The molecule has 0 saturated heterocycles. The maximum atomic E-state index is 14.3. The number of pyridine rings is 1. The number of aryl methyl sites for hydroxylation is 1. The Morgan fingerprint density at radius 3 is 2.95 bits per heavy atom. The smallest absolute Gasteiger partial charge is 0.194 e. The second-order valence-electron chi connectivity index (χ2n) is 5.09. The molecular formula is C15H14ClFN5+. The number of nitrogens with zero attached hydrogens (tertiary/aromatic N) is 3. The number of nitrogen functional groups attached to an aromatic ring is 1. The predicted octanol–water partition coefficient (Wildman–Crippen LogP) is 1.99. The van der Waals surface area contributed by atoms with Crippen LogP contribution >= 0.6 is 11.6 Å². The van der Waals surface area contributed by atoms with E-state index in [1.165, 1.54) is 12.1 Å². The summed E-state index contributed by atoms with van der Waals surface area (Å²) in [4.78, 5) is 0. The second-order valence-corrected chi connectivity index (χ2v) is 5.49. The van der Waals surface area contributed by atoms with E-state index >= 15 is 0 Å². The van der Waals surface area contributed by atoms with E-state index < -0.39 is 5.82 Å². The minimum absolute atomic E-state index is 0.205. The van der Waals surface area contributed by atoms with Gasteiger partial charge in [-0.1, -0.05) is 11.6 Å². The number of nitrogens with two attached hydrogens (primary N) is 1. The third-order valence-electron chi connectivity index (χ3n) is 3.49. The SMILES string of the molecule is C[n+]1ccc2cnn(Cc3c(F)cc(C(=N)N)cc3Cl)c2c1. The molecule has 1 aromatic carbocycles. The maximum absolute atomic E-state index is 14.3. The lowest BCUT2D eigenvalue weighted by Gasteiger charge is -2.09. The molecule has 3 rings (SSSR count). The summed E-state index contributed by atoms with van der Waals surface area (Å²) in [6, 6.07) is 4.65. The minimum atomic E-state index is -0.498. The monoisotopic (exact) mass is 318 g/mol. The van der Waals surface area contributed by atoms with Crippen molar-refractivity contribution in [3.8, 4) is 0 Å². The van der Waals surface area contributed by atoms with Crippen molar-refractivity contribution >= 4 is 28.3 Å². The maximum Gasteiger partial charge on any atom is 0.194 e. The van der Waals surface area contributed by atoms with E-state index in [-0.39, 0.29) is 23.0 Å². The number of nitrogens with one attached hydrogen (secondary N) is 1. The number of halogens is 2. The molecule has 0 aliphatic heterocycles. The van der Waals surface area contributed by atoms with Gasteiger partial charge in [0.15, 0.2) is 12.4 Å². The number of benzene rings is 1. The van der Waals surface area contributed by atoms with Crippen LogP contribution in [0.3, 0.4) is 0 Å². The number of rotatable bonds is 3. The molecule has 0 fully saturated rings. The Bertz CT molecular complexity index is 864. The average molecular weight is 319 g/mol. The van der Waals surface area contributed by atoms with Gasteiger partial charge in [-0.15, -0.1) is 0 Å². The molecule has 5 nitrogen and oxygen atoms in total. The van der Waals surface area contributed by atoms with Crippen molar-refractivity contribution < 1.29 is 8.96 Å². The topological polar surface area (TPSA) is 71.6 Å². The highest BCUT2D eigenvalue weighted by molar-refractivity contribution is 6.31. The molecule has 0 aliphatic rings. The summed E-state index contributed by atoms with van der Waals surface area (Å²) < 4.78 is 17.8. The summed E-state index contributed by atoms with van der Waals surface area (Å²) in [6.45, 7) is 0.205. The Labute approximate surface area is 131 Å². The van der Waals surface area contributed by atoms with E-state index in [2.05, 4.69) is 5.10 Å². The van der Waals surface area contributed by atoms with Crippen LogP contribution in [0.15, 0.2) is 36.8 Å². The first-order valence-corrected chi connectivity index (χ1v) is 6.96. The zero-order valence-electron chi connectivity index (χ0n) is 11.8. The lowest BCUT2D eigenvalue weighted by molar-refractivity contribution is -0.670. The quantitative estimate of drug-likeness (QED) is 0.440. The van der Waals surface area contributed by atoms with Crippen molar-refractivity contribution in [3.05, 3.63) is 58.8 Å². The van der Waals surface area contributed by atoms with Crippen molar-refractivity contribution in [1.82, 2.24) is 9.78 Å². The molecular weight excluding hydrogens is 305 g/mol. The van der Waals surface area contributed by atoms with E-state index in [4.69, 9.17) is 22.7 Å². The van der Waals surface area contributed by atoms with Gasteiger partial charge in [-0.2, -0.15) is 5.10 Å². The molecule has 0 radical (unpaired) electrons. The summed E-state index contributed by atoms with van der Waals surface area (Å²) in [5.41, 5.74) is 6.84. The van der Waals surface area contributed by atoms with Gasteiger partial charge in [0.05, 0.1) is 12.7 Å². The molecule has 3 N–H and O–H groups in total. The first-order chi connectivity index (χ1) is 10.5. The van der Waals surface area contributed by atoms with Crippen LogP contribution in [0.4, 0.5) is 4.39 Å². The van der Waals surface area contributed by atoms with Crippen LogP contribution in [0.25, 0.3) is 10.9 Å². The number of aromatic nitrogens is 3. The van der Waals surface area contributed by atoms with Crippen LogP contribution in [0.2, 0.25) is 5.02 Å². The summed E-state index contributed by atoms with van der Waals surface area (Å²) >= 11 is 6.14. The third-order valence-corrected chi connectivity index (χ3v) is 3.82. The van der Waals surface area contributed by atoms with Crippen molar-refractivity contribution in [3.63, 3.8) is 0 Å². The summed E-state index contributed by atoms with van der Waals surface area (Å²) in [6.07, 6.45) is 5.56. The molecule has 22 heavy (non-hydrogen) atoms. The van der Waals surface area contributed by atoms with Gasteiger partial charge in [-0.05, 0) is 12.1 Å². The first-order valence-electron chi connectivity index (χ1n) is 6.59. The van der Waals surface area contributed by atoms with Gasteiger partial charge < -0.3 is 5.73 Å². The normalized spacial score (nSPS) is 11.0. The van der Waals surface area contributed by atoms with E-state index in [9.17, 15) is 4.39 Å². The zero-order chi connectivity index (χ0) is 15.9.